The van der Waals surface area contributed by atoms with Crippen LogP contribution in [0.25, 0.3) is 0 Å². The molecule has 0 saturated heterocycles. The fraction of sp³-hybridized carbons (Fsp3) is 0.182. The highest BCUT2D eigenvalue weighted by Gasteiger charge is 2.29. The van der Waals surface area contributed by atoms with Crippen LogP contribution in [0.5, 0.6) is 5.75 Å². The van der Waals surface area contributed by atoms with Crippen molar-refractivity contribution >= 4 is 23.2 Å². The van der Waals surface area contributed by atoms with Crippen LogP contribution < -0.4 is 15.4 Å². The van der Waals surface area contributed by atoms with Crippen LogP contribution >= 0.6 is 0 Å². The number of hydrogen-bond acceptors (Lipinski definition) is 4. The molecule has 0 bridgehead atoms. The van der Waals surface area contributed by atoms with Gasteiger partial charge in [0.05, 0.1) is 6.26 Å². The van der Waals surface area contributed by atoms with Gasteiger partial charge in [-0.2, -0.15) is 0 Å². The van der Waals surface area contributed by atoms with E-state index in [4.69, 9.17) is 9.15 Å². The van der Waals surface area contributed by atoms with E-state index in [1.54, 1.807) is 30.3 Å². The minimum Gasteiger partial charge on any atom is -0.489 e. The fourth-order valence-electron chi connectivity index (χ4n) is 2.78. The van der Waals surface area contributed by atoms with Crippen LogP contribution in [-0.4, -0.2) is 11.8 Å². The lowest BCUT2D eigenvalue weighted by Gasteiger charge is -2.09. The molecule has 3 aromatic rings. The van der Waals surface area contributed by atoms with Crippen LogP contribution in [0.1, 0.15) is 29.0 Å². The maximum absolute atomic E-state index is 12.6. The quantitative estimate of drug-likeness (QED) is 0.638. The van der Waals surface area contributed by atoms with Crippen LogP contribution in [0.15, 0.2) is 71.3 Å². The van der Waals surface area contributed by atoms with Crippen molar-refractivity contribution in [1.29, 1.82) is 0 Å². The van der Waals surface area contributed by atoms with Gasteiger partial charge in [-0.3, -0.25) is 9.59 Å². The van der Waals surface area contributed by atoms with Gasteiger partial charge in [-0.1, -0.05) is 24.3 Å². The van der Waals surface area contributed by atoms with E-state index in [2.05, 4.69) is 10.6 Å². The summed E-state index contributed by atoms with van der Waals surface area (Å²) >= 11 is 0. The van der Waals surface area contributed by atoms with Gasteiger partial charge in [-0.15, -0.1) is 0 Å². The van der Waals surface area contributed by atoms with Crippen molar-refractivity contribution in [3.05, 3.63) is 78.3 Å². The van der Waals surface area contributed by atoms with E-state index < -0.39 is 0 Å². The molecule has 1 heterocycles. The highest BCUT2D eigenvalue weighted by molar-refractivity contribution is 6.03. The normalized spacial score (nSPS) is 13.0. The number of nitrogens with one attached hydrogen (secondary N) is 2. The van der Waals surface area contributed by atoms with Gasteiger partial charge in [0.1, 0.15) is 12.4 Å². The van der Waals surface area contributed by atoms with E-state index in [1.807, 2.05) is 30.3 Å². The molecule has 142 valence electrons. The third kappa shape index (κ3) is 4.40. The van der Waals surface area contributed by atoms with Gasteiger partial charge >= 0.3 is 0 Å². The fourth-order valence-corrected chi connectivity index (χ4v) is 2.78. The number of carbonyl (C=O) groups is 2. The number of ether oxygens (including phenoxy) is 1. The van der Waals surface area contributed by atoms with Gasteiger partial charge in [0.2, 0.25) is 5.91 Å². The highest BCUT2D eigenvalue weighted by Crippen LogP contribution is 2.30. The standard InChI is InChI=1S/C22H20N2O4/c25-21(15-9-10-15)23-17-5-4-6-18(13-17)24-22(26)20-16(11-12-27-20)14-28-19-7-2-1-3-8-19/h1-8,11-13,15H,9-10,14H2,(H,23,25)(H,24,26). The second-order valence-corrected chi connectivity index (χ2v) is 6.68. The Morgan fingerprint density at radius 2 is 1.71 bits per heavy atom. The molecule has 1 saturated carbocycles. The van der Waals surface area contributed by atoms with Gasteiger partial charge in [-0.25, -0.2) is 0 Å². The van der Waals surface area contributed by atoms with Crippen molar-refractivity contribution in [1.82, 2.24) is 0 Å². The summed E-state index contributed by atoms with van der Waals surface area (Å²) in [6.07, 6.45) is 3.34. The number of hydrogen-bond donors (Lipinski definition) is 2. The highest BCUT2D eigenvalue weighted by atomic mass is 16.5. The molecule has 1 aliphatic carbocycles. The van der Waals surface area contributed by atoms with E-state index in [0.29, 0.717) is 22.7 Å². The first kappa shape index (κ1) is 17.9. The summed E-state index contributed by atoms with van der Waals surface area (Å²) in [5.41, 5.74) is 1.88. The molecule has 2 amide bonds. The molecule has 0 atom stereocenters. The Morgan fingerprint density at radius 1 is 0.964 bits per heavy atom. The van der Waals surface area contributed by atoms with Gasteiger partial charge in [0.25, 0.3) is 5.91 Å². The summed E-state index contributed by atoms with van der Waals surface area (Å²) in [4.78, 5) is 24.5. The molecule has 2 N–H and O–H groups in total. The predicted molar refractivity (Wildman–Crippen MR) is 105 cm³/mol. The minimum absolute atomic E-state index is 0.0230. The van der Waals surface area contributed by atoms with Gasteiger partial charge in [-0.05, 0) is 49.2 Å². The molecule has 0 unspecified atom stereocenters. The monoisotopic (exact) mass is 376 g/mol. The lowest BCUT2D eigenvalue weighted by Crippen LogP contribution is -2.15. The van der Waals surface area contributed by atoms with Crippen molar-refractivity contribution < 1.29 is 18.7 Å². The molecule has 1 aromatic heterocycles. The number of benzene rings is 2. The van der Waals surface area contributed by atoms with Crippen molar-refractivity contribution in [3.8, 4) is 5.75 Å². The van der Waals surface area contributed by atoms with Crippen molar-refractivity contribution in [2.45, 2.75) is 19.4 Å². The smallest absolute Gasteiger partial charge is 0.291 e. The van der Waals surface area contributed by atoms with Gasteiger partial charge < -0.3 is 19.8 Å². The van der Waals surface area contributed by atoms with Crippen LogP contribution in [0.4, 0.5) is 11.4 Å². The largest absolute Gasteiger partial charge is 0.489 e. The maximum Gasteiger partial charge on any atom is 0.291 e. The van der Waals surface area contributed by atoms with Gasteiger partial charge in [0, 0.05) is 22.9 Å². The Balaban J connectivity index is 1.40. The topological polar surface area (TPSA) is 80.6 Å². The third-order valence-electron chi connectivity index (χ3n) is 4.43. The van der Waals surface area contributed by atoms with Crippen molar-refractivity contribution in [3.63, 3.8) is 0 Å². The zero-order valence-electron chi connectivity index (χ0n) is 15.2. The average Bonchev–Trinajstić information content (AvgIpc) is 3.45. The zero-order valence-corrected chi connectivity index (χ0v) is 15.2. The van der Waals surface area contributed by atoms with E-state index in [1.165, 1.54) is 6.26 Å². The summed E-state index contributed by atoms with van der Waals surface area (Å²) in [5, 5.41) is 5.67. The zero-order chi connectivity index (χ0) is 19.3. The van der Waals surface area contributed by atoms with Crippen LogP contribution in [-0.2, 0) is 11.4 Å². The molecule has 4 rings (SSSR count). The lowest BCUT2D eigenvalue weighted by molar-refractivity contribution is -0.117. The van der Waals surface area contributed by atoms with E-state index in [0.717, 1.165) is 12.8 Å². The second-order valence-electron chi connectivity index (χ2n) is 6.68. The molecule has 1 aliphatic rings. The number of carbonyl (C=O) groups excluding carboxylic acids is 2. The Hall–Kier alpha value is -3.54. The molecule has 6 nitrogen and oxygen atoms in total. The molecule has 0 aliphatic heterocycles. The number of anilines is 2. The second kappa shape index (κ2) is 8.00. The van der Waals surface area contributed by atoms with E-state index in [-0.39, 0.29) is 30.1 Å². The van der Waals surface area contributed by atoms with Gasteiger partial charge in [0.15, 0.2) is 5.76 Å². The molecule has 28 heavy (non-hydrogen) atoms. The Labute approximate surface area is 162 Å². The molecule has 2 aromatic carbocycles. The Morgan fingerprint density at radius 3 is 2.46 bits per heavy atom. The van der Waals surface area contributed by atoms with Crippen LogP contribution in [0.3, 0.4) is 0 Å². The summed E-state index contributed by atoms with van der Waals surface area (Å²) in [6.45, 7) is 0.223. The van der Waals surface area contributed by atoms with E-state index in [9.17, 15) is 9.59 Å². The number of rotatable bonds is 7. The number of furan rings is 1. The molecule has 1 fully saturated rings. The first-order chi connectivity index (χ1) is 13.7. The number of amides is 2. The van der Waals surface area contributed by atoms with Crippen molar-refractivity contribution in [2.75, 3.05) is 10.6 Å². The van der Waals surface area contributed by atoms with Crippen molar-refractivity contribution in [2.24, 2.45) is 5.92 Å². The predicted octanol–water partition coefficient (Wildman–Crippen LogP) is 4.46. The molecule has 6 heteroatoms. The first-order valence-corrected chi connectivity index (χ1v) is 9.15. The van der Waals surface area contributed by atoms with E-state index >= 15 is 0 Å². The molecule has 0 radical (unpaired) electrons. The summed E-state index contributed by atoms with van der Waals surface area (Å²) < 4.78 is 11.1. The summed E-state index contributed by atoms with van der Waals surface area (Å²) in [6, 6.07) is 18.1. The molecular formula is C22H20N2O4. The van der Waals surface area contributed by atoms with Crippen LogP contribution in [0.2, 0.25) is 0 Å². The number of para-hydroxylation sites is 1. The lowest BCUT2D eigenvalue weighted by atomic mass is 10.2. The SMILES string of the molecule is O=C(Nc1cccc(NC(=O)C2CC2)c1)c1occc1COc1ccccc1. The third-order valence-corrected chi connectivity index (χ3v) is 4.43. The average molecular weight is 376 g/mol. The maximum atomic E-state index is 12.6. The minimum atomic E-state index is -0.373. The molecule has 0 spiro atoms. The first-order valence-electron chi connectivity index (χ1n) is 9.15. The Bertz CT molecular complexity index is 977. The molecular weight excluding hydrogens is 356 g/mol. The van der Waals surface area contributed by atoms with Crippen LogP contribution in [0, 0.1) is 5.92 Å². The Kier molecular flexibility index (Phi) is 5.10. The summed E-state index contributed by atoms with van der Waals surface area (Å²) in [5.74, 6) is 0.684. The summed E-state index contributed by atoms with van der Waals surface area (Å²) in [7, 11) is 0.